The zero-order chi connectivity index (χ0) is 22.1. The topological polar surface area (TPSA) is 112 Å². The van der Waals surface area contributed by atoms with Crippen molar-refractivity contribution in [2.45, 2.75) is 6.54 Å². The van der Waals surface area contributed by atoms with Gasteiger partial charge in [-0.3, -0.25) is 9.20 Å². The summed E-state index contributed by atoms with van der Waals surface area (Å²) in [6.07, 6.45) is 6.55. The van der Waals surface area contributed by atoms with Gasteiger partial charge in [-0.25, -0.2) is 19.7 Å². The Morgan fingerprint density at radius 3 is 2.75 bits per heavy atom. The van der Waals surface area contributed by atoms with Crippen LogP contribution in [0.5, 0.6) is 0 Å². The van der Waals surface area contributed by atoms with Gasteiger partial charge in [-0.1, -0.05) is 12.1 Å². The molecule has 0 saturated carbocycles. The second kappa shape index (κ2) is 7.95. The monoisotopic (exact) mass is 427 g/mol. The second-order valence-electron chi connectivity index (χ2n) is 7.05. The van der Waals surface area contributed by atoms with Crippen LogP contribution in [0.3, 0.4) is 0 Å². The Balaban J connectivity index is 1.28. The first-order valence-electron chi connectivity index (χ1n) is 9.76. The van der Waals surface area contributed by atoms with Crippen molar-refractivity contribution in [2.24, 2.45) is 0 Å². The van der Waals surface area contributed by atoms with Crippen LogP contribution >= 0.6 is 0 Å². The molecular weight excluding hydrogens is 410 g/mol. The van der Waals surface area contributed by atoms with E-state index in [9.17, 15) is 9.59 Å². The Morgan fingerprint density at radius 1 is 1.09 bits per heavy atom. The van der Waals surface area contributed by atoms with E-state index in [0.29, 0.717) is 40.4 Å². The lowest BCUT2D eigenvalue weighted by Crippen LogP contribution is -2.23. The average molecular weight is 427 g/mol. The molecule has 0 saturated heterocycles. The number of rotatable bonds is 5. The molecule has 0 unspecified atom stereocenters. The van der Waals surface area contributed by atoms with E-state index < -0.39 is 5.97 Å². The number of methoxy groups -OCH3 is 1. The van der Waals surface area contributed by atoms with Gasteiger partial charge < -0.3 is 14.5 Å². The van der Waals surface area contributed by atoms with E-state index in [2.05, 4.69) is 20.3 Å². The molecule has 1 N–H and O–H groups in total. The van der Waals surface area contributed by atoms with Gasteiger partial charge in [-0.05, 0) is 35.9 Å². The number of fused-ring (bicyclic) bond motifs is 2. The molecule has 0 radical (unpaired) electrons. The van der Waals surface area contributed by atoms with Gasteiger partial charge in [0.2, 0.25) is 11.7 Å². The van der Waals surface area contributed by atoms with Crippen molar-refractivity contribution in [3.8, 4) is 11.5 Å². The summed E-state index contributed by atoms with van der Waals surface area (Å²) >= 11 is 0. The van der Waals surface area contributed by atoms with E-state index in [0.717, 1.165) is 11.1 Å². The number of carbonyl (C=O) groups excluding carboxylic acids is 2. The van der Waals surface area contributed by atoms with Crippen molar-refractivity contribution >= 4 is 28.8 Å². The zero-order valence-corrected chi connectivity index (χ0v) is 17.0. The SMILES string of the molecule is COC(=O)c1ccc2nc(-c3ccc(CNC(=O)c4cnc5nccn5c4)cc3)oc2c1. The summed E-state index contributed by atoms with van der Waals surface area (Å²) in [7, 11) is 1.33. The Bertz CT molecular complexity index is 1450. The lowest BCUT2D eigenvalue weighted by molar-refractivity contribution is 0.0600. The van der Waals surface area contributed by atoms with Crippen molar-refractivity contribution in [2.75, 3.05) is 7.11 Å². The van der Waals surface area contributed by atoms with E-state index in [1.54, 1.807) is 41.2 Å². The Kier molecular flexibility index (Phi) is 4.83. The maximum absolute atomic E-state index is 12.4. The number of hydrogen-bond acceptors (Lipinski definition) is 7. The van der Waals surface area contributed by atoms with Gasteiger partial charge in [0, 0.05) is 36.9 Å². The summed E-state index contributed by atoms with van der Waals surface area (Å²) in [5, 5.41) is 2.88. The number of oxazole rings is 1. The molecule has 0 atom stereocenters. The third kappa shape index (κ3) is 3.67. The smallest absolute Gasteiger partial charge is 0.337 e. The largest absolute Gasteiger partial charge is 0.465 e. The van der Waals surface area contributed by atoms with Crippen LogP contribution in [-0.2, 0) is 11.3 Å². The van der Waals surface area contributed by atoms with Crippen LogP contribution in [0.4, 0.5) is 0 Å². The summed E-state index contributed by atoms with van der Waals surface area (Å²) in [5.41, 5.74) is 3.70. The van der Waals surface area contributed by atoms with Gasteiger partial charge in [-0.15, -0.1) is 0 Å². The van der Waals surface area contributed by atoms with Crippen LogP contribution in [0.2, 0.25) is 0 Å². The number of carbonyl (C=O) groups is 2. The highest BCUT2D eigenvalue weighted by Crippen LogP contribution is 2.25. The molecular formula is C23H17N5O4. The molecule has 9 nitrogen and oxygen atoms in total. The van der Waals surface area contributed by atoms with Crippen molar-refractivity contribution in [3.63, 3.8) is 0 Å². The minimum atomic E-state index is -0.433. The van der Waals surface area contributed by atoms with Crippen LogP contribution < -0.4 is 5.32 Å². The Hall–Kier alpha value is -4.53. The van der Waals surface area contributed by atoms with Gasteiger partial charge in [-0.2, -0.15) is 0 Å². The molecule has 0 aliphatic rings. The zero-order valence-electron chi connectivity index (χ0n) is 17.0. The molecule has 1 amide bonds. The molecule has 0 bridgehead atoms. The van der Waals surface area contributed by atoms with E-state index in [1.165, 1.54) is 13.3 Å². The molecule has 3 aromatic heterocycles. The van der Waals surface area contributed by atoms with E-state index in [-0.39, 0.29) is 5.91 Å². The number of esters is 1. The molecule has 0 fully saturated rings. The number of benzene rings is 2. The normalized spacial score (nSPS) is 11.0. The van der Waals surface area contributed by atoms with Crippen LogP contribution in [0.15, 0.2) is 71.7 Å². The van der Waals surface area contributed by atoms with Crippen LogP contribution in [0.25, 0.3) is 28.3 Å². The van der Waals surface area contributed by atoms with E-state index >= 15 is 0 Å². The second-order valence-corrected chi connectivity index (χ2v) is 7.05. The Labute approximate surface area is 181 Å². The maximum Gasteiger partial charge on any atom is 0.337 e. The fraction of sp³-hybridized carbons (Fsp3) is 0.0870. The number of imidazole rings is 1. The molecule has 9 heteroatoms. The standard InChI is InChI=1S/C23H17N5O4/c1-31-22(30)16-6-7-18-19(10-16)32-21(27-18)15-4-2-14(3-5-15)11-25-20(29)17-12-26-23-24-8-9-28(23)13-17/h2-10,12-13H,11H2,1H3,(H,25,29). The lowest BCUT2D eigenvalue weighted by Gasteiger charge is -2.06. The average Bonchev–Trinajstić information content (AvgIpc) is 3.48. The molecule has 0 spiro atoms. The highest BCUT2D eigenvalue weighted by Gasteiger charge is 2.13. The van der Waals surface area contributed by atoms with Gasteiger partial charge in [0.1, 0.15) is 5.52 Å². The fourth-order valence-corrected chi connectivity index (χ4v) is 3.28. The molecule has 32 heavy (non-hydrogen) atoms. The fourth-order valence-electron chi connectivity index (χ4n) is 3.28. The summed E-state index contributed by atoms with van der Waals surface area (Å²) in [5.74, 6) is 0.324. The highest BCUT2D eigenvalue weighted by molar-refractivity contribution is 5.94. The van der Waals surface area contributed by atoms with Gasteiger partial charge in [0.15, 0.2) is 5.58 Å². The van der Waals surface area contributed by atoms with Crippen LogP contribution in [0.1, 0.15) is 26.3 Å². The molecule has 158 valence electrons. The minimum Gasteiger partial charge on any atom is -0.465 e. The predicted molar refractivity (Wildman–Crippen MR) is 115 cm³/mol. The third-order valence-electron chi connectivity index (χ3n) is 4.97. The molecule has 0 aliphatic heterocycles. The highest BCUT2D eigenvalue weighted by atomic mass is 16.5. The number of aromatic nitrogens is 4. The van der Waals surface area contributed by atoms with Gasteiger partial charge >= 0.3 is 5.97 Å². The molecule has 2 aromatic carbocycles. The molecule has 0 aliphatic carbocycles. The van der Waals surface area contributed by atoms with Crippen molar-refractivity contribution in [3.05, 3.63) is 83.9 Å². The van der Waals surface area contributed by atoms with E-state index in [4.69, 9.17) is 9.15 Å². The molecule has 5 rings (SSSR count). The first-order chi connectivity index (χ1) is 15.6. The van der Waals surface area contributed by atoms with Crippen molar-refractivity contribution in [1.29, 1.82) is 0 Å². The lowest BCUT2D eigenvalue weighted by atomic mass is 10.1. The number of amides is 1. The van der Waals surface area contributed by atoms with Gasteiger partial charge in [0.05, 0.1) is 18.2 Å². The minimum absolute atomic E-state index is 0.225. The maximum atomic E-state index is 12.4. The van der Waals surface area contributed by atoms with Crippen molar-refractivity contribution < 1.29 is 18.7 Å². The molecule has 5 aromatic rings. The van der Waals surface area contributed by atoms with Gasteiger partial charge in [0.25, 0.3) is 5.91 Å². The van der Waals surface area contributed by atoms with Crippen molar-refractivity contribution in [1.82, 2.24) is 24.7 Å². The first kappa shape index (κ1) is 19.4. The number of nitrogens with zero attached hydrogens (tertiary/aromatic N) is 4. The Morgan fingerprint density at radius 2 is 1.94 bits per heavy atom. The summed E-state index contributed by atoms with van der Waals surface area (Å²) in [6.45, 7) is 0.358. The number of hydrogen-bond donors (Lipinski definition) is 1. The summed E-state index contributed by atoms with van der Waals surface area (Å²) in [6, 6.07) is 12.5. The first-order valence-corrected chi connectivity index (χ1v) is 9.76. The third-order valence-corrected chi connectivity index (χ3v) is 4.97. The quantitative estimate of drug-likeness (QED) is 0.429. The van der Waals surface area contributed by atoms with E-state index in [1.807, 2.05) is 24.3 Å². The summed E-state index contributed by atoms with van der Waals surface area (Å²) in [4.78, 5) is 36.8. The predicted octanol–water partition coefficient (Wildman–Crippen LogP) is 3.25. The number of nitrogens with one attached hydrogen (secondary N) is 1. The van der Waals surface area contributed by atoms with Crippen LogP contribution in [0, 0.1) is 0 Å². The summed E-state index contributed by atoms with van der Waals surface area (Å²) < 4.78 is 12.2. The number of ether oxygens (including phenoxy) is 1. The van der Waals surface area contributed by atoms with Crippen LogP contribution in [-0.4, -0.2) is 38.3 Å². The molecule has 3 heterocycles.